The fraction of sp³-hybridized carbons (Fsp3) is 0.429. The molecule has 1 aromatic rings. The van der Waals surface area contributed by atoms with E-state index in [1.807, 2.05) is 24.3 Å². The van der Waals surface area contributed by atoms with Crippen molar-refractivity contribution in [2.75, 3.05) is 7.11 Å². The molecule has 0 bridgehead atoms. The first-order chi connectivity index (χ1) is 8.93. The van der Waals surface area contributed by atoms with Gasteiger partial charge in [-0.2, -0.15) is 0 Å². The van der Waals surface area contributed by atoms with Gasteiger partial charge in [-0.3, -0.25) is 4.79 Å². The topological polar surface area (TPSA) is 55.4 Å². The molecule has 4 nitrogen and oxygen atoms in total. The molecule has 0 aromatic heterocycles. The molecule has 0 fully saturated rings. The average molecular weight is 375 g/mol. The van der Waals surface area contributed by atoms with E-state index in [2.05, 4.69) is 27.9 Å². The van der Waals surface area contributed by atoms with E-state index in [0.29, 0.717) is 6.42 Å². The molecule has 104 valence electrons. The van der Waals surface area contributed by atoms with E-state index < -0.39 is 12.0 Å². The molecule has 1 N–H and O–H groups in total. The lowest BCUT2D eigenvalue weighted by atomic mass is 10.1. The van der Waals surface area contributed by atoms with Crippen LogP contribution in [0.4, 0.5) is 0 Å². The molecule has 1 amide bonds. The number of nitrogens with one attached hydrogen (secondary N) is 1. The van der Waals surface area contributed by atoms with Crippen LogP contribution in [-0.2, 0) is 20.7 Å². The van der Waals surface area contributed by atoms with E-state index in [-0.39, 0.29) is 11.8 Å². The van der Waals surface area contributed by atoms with Crippen molar-refractivity contribution in [2.24, 2.45) is 5.92 Å². The number of halogens is 1. The summed E-state index contributed by atoms with van der Waals surface area (Å²) in [6.07, 6.45) is 0.433. The van der Waals surface area contributed by atoms with Crippen LogP contribution in [-0.4, -0.2) is 25.0 Å². The Morgan fingerprint density at radius 1 is 1.37 bits per heavy atom. The van der Waals surface area contributed by atoms with Crippen LogP contribution in [0.15, 0.2) is 24.3 Å². The molecular formula is C14H18INO3. The Morgan fingerprint density at radius 2 is 2.05 bits per heavy atom. The third-order valence-electron chi connectivity index (χ3n) is 2.66. The minimum absolute atomic E-state index is 0.152. The Balaban J connectivity index is 2.80. The van der Waals surface area contributed by atoms with E-state index in [1.165, 1.54) is 7.11 Å². The monoisotopic (exact) mass is 375 g/mol. The summed E-state index contributed by atoms with van der Waals surface area (Å²) in [7, 11) is 1.33. The summed E-state index contributed by atoms with van der Waals surface area (Å²) in [4.78, 5) is 23.4. The summed E-state index contributed by atoms with van der Waals surface area (Å²) in [5, 5.41) is 2.72. The molecule has 0 aliphatic carbocycles. The third-order valence-corrected chi connectivity index (χ3v) is 3.33. The fourth-order valence-electron chi connectivity index (χ4n) is 1.57. The van der Waals surface area contributed by atoms with Gasteiger partial charge >= 0.3 is 5.97 Å². The summed E-state index contributed by atoms with van der Waals surface area (Å²) < 4.78 is 5.83. The first-order valence-electron chi connectivity index (χ1n) is 6.06. The highest BCUT2D eigenvalue weighted by atomic mass is 127. The van der Waals surface area contributed by atoms with Crippen molar-refractivity contribution >= 4 is 34.5 Å². The minimum atomic E-state index is -0.641. The van der Waals surface area contributed by atoms with Gasteiger partial charge < -0.3 is 10.1 Å². The molecule has 19 heavy (non-hydrogen) atoms. The van der Waals surface area contributed by atoms with Crippen molar-refractivity contribution in [1.29, 1.82) is 0 Å². The Labute approximate surface area is 127 Å². The number of benzene rings is 1. The van der Waals surface area contributed by atoms with E-state index >= 15 is 0 Å². The molecule has 0 saturated carbocycles. The van der Waals surface area contributed by atoms with Gasteiger partial charge in [-0.05, 0) is 40.3 Å². The lowest BCUT2D eigenvalue weighted by Gasteiger charge is -2.18. The van der Waals surface area contributed by atoms with Gasteiger partial charge in [-0.15, -0.1) is 0 Å². The first-order valence-corrected chi connectivity index (χ1v) is 7.14. The van der Waals surface area contributed by atoms with E-state index in [4.69, 9.17) is 4.74 Å². The van der Waals surface area contributed by atoms with Crippen molar-refractivity contribution in [1.82, 2.24) is 5.32 Å². The molecule has 0 aliphatic rings. The Morgan fingerprint density at radius 3 is 2.58 bits per heavy atom. The molecule has 0 saturated heterocycles. The highest BCUT2D eigenvalue weighted by Gasteiger charge is 2.23. The summed E-state index contributed by atoms with van der Waals surface area (Å²) in [5.74, 6) is -0.739. The number of carbonyl (C=O) groups excluding carboxylic acids is 2. The van der Waals surface area contributed by atoms with Crippen molar-refractivity contribution < 1.29 is 14.3 Å². The largest absolute Gasteiger partial charge is 0.467 e. The normalized spacial score (nSPS) is 12.1. The SMILES string of the molecule is COC(=O)[C@@H](Cc1cccc(I)c1)NC(=O)C(C)C. The van der Waals surface area contributed by atoms with Crippen LogP contribution in [0.2, 0.25) is 0 Å². The second-order valence-electron chi connectivity index (χ2n) is 4.57. The molecule has 0 spiro atoms. The molecule has 5 heteroatoms. The van der Waals surface area contributed by atoms with Crippen molar-refractivity contribution in [3.05, 3.63) is 33.4 Å². The minimum Gasteiger partial charge on any atom is -0.467 e. The van der Waals surface area contributed by atoms with Crippen molar-refractivity contribution in [3.63, 3.8) is 0 Å². The number of rotatable bonds is 5. The number of carbonyl (C=O) groups is 2. The van der Waals surface area contributed by atoms with Crippen LogP contribution in [0.5, 0.6) is 0 Å². The maximum atomic E-state index is 11.7. The smallest absolute Gasteiger partial charge is 0.328 e. The van der Waals surface area contributed by atoms with Gasteiger partial charge in [0.05, 0.1) is 7.11 Å². The maximum Gasteiger partial charge on any atom is 0.328 e. The molecular weight excluding hydrogens is 357 g/mol. The predicted octanol–water partition coefficient (Wildman–Crippen LogP) is 2.15. The number of methoxy groups -OCH3 is 1. The van der Waals surface area contributed by atoms with Gasteiger partial charge in [0.1, 0.15) is 6.04 Å². The summed E-state index contributed by atoms with van der Waals surface area (Å²) in [5.41, 5.74) is 0.992. The molecule has 0 aliphatic heterocycles. The van der Waals surface area contributed by atoms with E-state index in [9.17, 15) is 9.59 Å². The first kappa shape index (κ1) is 15.9. The Kier molecular flexibility index (Phi) is 6.27. The second-order valence-corrected chi connectivity index (χ2v) is 5.82. The predicted molar refractivity (Wildman–Crippen MR) is 81.6 cm³/mol. The van der Waals surface area contributed by atoms with Crippen LogP contribution in [0.3, 0.4) is 0 Å². The molecule has 1 aromatic carbocycles. The number of hydrogen-bond acceptors (Lipinski definition) is 3. The number of ether oxygens (including phenoxy) is 1. The standard InChI is InChI=1S/C14H18INO3/c1-9(2)13(17)16-12(14(18)19-3)8-10-5-4-6-11(15)7-10/h4-7,9,12H,8H2,1-3H3,(H,16,17)/t12-/m1/s1. The van der Waals surface area contributed by atoms with Crippen LogP contribution in [0.25, 0.3) is 0 Å². The average Bonchev–Trinajstić information content (AvgIpc) is 2.36. The van der Waals surface area contributed by atoms with E-state index in [1.54, 1.807) is 13.8 Å². The number of amides is 1. The zero-order chi connectivity index (χ0) is 14.4. The third kappa shape index (κ3) is 5.18. The lowest BCUT2D eigenvalue weighted by molar-refractivity contribution is -0.145. The van der Waals surface area contributed by atoms with Crippen LogP contribution >= 0.6 is 22.6 Å². The summed E-state index contributed by atoms with van der Waals surface area (Å²) in [6, 6.07) is 7.18. The zero-order valence-corrected chi connectivity index (χ0v) is 13.4. The molecule has 0 heterocycles. The Hall–Kier alpha value is -1.11. The maximum absolute atomic E-state index is 11.7. The van der Waals surface area contributed by atoms with Crippen LogP contribution < -0.4 is 5.32 Å². The summed E-state index contributed by atoms with van der Waals surface area (Å²) in [6.45, 7) is 3.57. The summed E-state index contributed by atoms with van der Waals surface area (Å²) >= 11 is 2.21. The quantitative estimate of drug-likeness (QED) is 0.634. The Bertz CT molecular complexity index is 460. The molecule has 1 atom stereocenters. The number of esters is 1. The van der Waals surface area contributed by atoms with Gasteiger partial charge in [0, 0.05) is 15.9 Å². The van der Waals surface area contributed by atoms with Crippen LogP contribution in [0, 0.1) is 9.49 Å². The zero-order valence-electron chi connectivity index (χ0n) is 11.3. The lowest BCUT2D eigenvalue weighted by Crippen LogP contribution is -2.44. The highest BCUT2D eigenvalue weighted by molar-refractivity contribution is 14.1. The molecule has 1 rings (SSSR count). The van der Waals surface area contributed by atoms with Gasteiger partial charge in [0.15, 0.2) is 0 Å². The van der Waals surface area contributed by atoms with Gasteiger partial charge in [-0.25, -0.2) is 4.79 Å². The molecule has 0 unspecified atom stereocenters. The number of hydrogen-bond donors (Lipinski definition) is 1. The second kappa shape index (κ2) is 7.47. The van der Waals surface area contributed by atoms with Crippen LogP contribution in [0.1, 0.15) is 19.4 Å². The highest BCUT2D eigenvalue weighted by Crippen LogP contribution is 2.11. The fourth-order valence-corrected chi connectivity index (χ4v) is 2.18. The van der Waals surface area contributed by atoms with Gasteiger partial charge in [-0.1, -0.05) is 26.0 Å². The molecule has 0 radical (unpaired) electrons. The van der Waals surface area contributed by atoms with Gasteiger partial charge in [0.25, 0.3) is 0 Å². The van der Waals surface area contributed by atoms with E-state index in [0.717, 1.165) is 9.13 Å². The van der Waals surface area contributed by atoms with Crippen molar-refractivity contribution in [2.45, 2.75) is 26.3 Å². The van der Waals surface area contributed by atoms with Crippen molar-refractivity contribution in [3.8, 4) is 0 Å². The van der Waals surface area contributed by atoms with Gasteiger partial charge in [0.2, 0.25) is 5.91 Å².